The molecule has 0 atom stereocenters. The number of benzene rings is 2. The summed E-state index contributed by atoms with van der Waals surface area (Å²) in [6.45, 7) is 4.25. The van der Waals surface area contributed by atoms with Crippen molar-refractivity contribution in [1.82, 2.24) is 0 Å². The molecule has 22 heavy (non-hydrogen) atoms. The zero-order valence-electron chi connectivity index (χ0n) is 12.7. The van der Waals surface area contributed by atoms with Crippen LogP contribution in [0.25, 0.3) is 0 Å². The van der Waals surface area contributed by atoms with E-state index in [1.54, 1.807) is 30.5 Å². The highest BCUT2D eigenvalue weighted by molar-refractivity contribution is 6.04. The standard InChI is InChI=1S/C19H18N2O/c1-14(2)16-5-7-17(8-6-16)19(22)11-12-21-18-9-3-15(13-20)4-10-18/h3-12,14,21H,1-2H3/b12-11+. The van der Waals surface area contributed by atoms with Gasteiger partial charge in [0.1, 0.15) is 0 Å². The summed E-state index contributed by atoms with van der Waals surface area (Å²) in [5.41, 5.74) is 3.33. The first-order chi connectivity index (χ1) is 10.6. The molecule has 0 aliphatic rings. The molecule has 2 aromatic rings. The van der Waals surface area contributed by atoms with Crippen LogP contribution < -0.4 is 5.32 Å². The average molecular weight is 290 g/mol. The quantitative estimate of drug-likeness (QED) is 0.652. The van der Waals surface area contributed by atoms with E-state index in [0.29, 0.717) is 17.0 Å². The van der Waals surface area contributed by atoms with E-state index in [-0.39, 0.29) is 5.78 Å². The van der Waals surface area contributed by atoms with Crippen LogP contribution in [0.2, 0.25) is 0 Å². The van der Waals surface area contributed by atoms with Gasteiger partial charge in [-0.05, 0) is 35.7 Å². The predicted octanol–water partition coefficient (Wildman–Crippen LogP) is 4.49. The molecular formula is C19H18N2O. The topological polar surface area (TPSA) is 52.9 Å². The Labute approximate surface area is 130 Å². The maximum atomic E-state index is 12.0. The van der Waals surface area contributed by atoms with Crippen molar-refractivity contribution in [3.63, 3.8) is 0 Å². The number of carbonyl (C=O) groups excluding carboxylic acids is 1. The summed E-state index contributed by atoms with van der Waals surface area (Å²) >= 11 is 0. The molecule has 0 radical (unpaired) electrons. The van der Waals surface area contributed by atoms with Gasteiger partial charge in [-0.1, -0.05) is 38.1 Å². The fraction of sp³-hybridized carbons (Fsp3) is 0.158. The van der Waals surface area contributed by atoms with Crippen molar-refractivity contribution in [3.8, 4) is 6.07 Å². The number of allylic oxidation sites excluding steroid dienone is 1. The van der Waals surface area contributed by atoms with Crippen molar-refractivity contribution in [2.24, 2.45) is 0 Å². The maximum Gasteiger partial charge on any atom is 0.187 e. The molecule has 0 unspecified atom stereocenters. The van der Waals surface area contributed by atoms with Crippen LogP contribution in [0, 0.1) is 11.3 Å². The predicted molar refractivity (Wildman–Crippen MR) is 88.8 cm³/mol. The van der Waals surface area contributed by atoms with Gasteiger partial charge in [0.05, 0.1) is 11.6 Å². The SMILES string of the molecule is CC(C)c1ccc(C(=O)/C=C/Nc2ccc(C#N)cc2)cc1. The Morgan fingerprint density at radius 3 is 2.27 bits per heavy atom. The minimum absolute atomic E-state index is 0.0450. The molecule has 0 aliphatic heterocycles. The van der Waals surface area contributed by atoms with Crippen molar-refractivity contribution in [2.45, 2.75) is 19.8 Å². The zero-order valence-corrected chi connectivity index (χ0v) is 12.7. The second kappa shape index (κ2) is 7.24. The lowest BCUT2D eigenvalue weighted by atomic mass is 10.0. The second-order valence-electron chi connectivity index (χ2n) is 5.31. The molecule has 3 heteroatoms. The van der Waals surface area contributed by atoms with E-state index >= 15 is 0 Å². The van der Waals surface area contributed by atoms with Crippen molar-refractivity contribution >= 4 is 11.5 Å². The van der Waals surface area contributed by atoms with Crippen molar-refractivity contribution in [3.05, 3.63) is 77.5 Å². The summed E-state index contributed by atoms with van der Waals surface area (Å²) < 4.78 is 0. The van der Waals surface area contributed by atoms with Gasteiger partial charge in [0.15, 0.2) is 5.78 Å². The molecule has 0 fully saturated rings. The second-order valence-corrected chi connectivity index (χ2v) is 5.31. The molecule has 0 saturated carbocycles. The van der Waals surface area contributed by atoms with Gasteiger partial charge in [0.25, 0.3) is 0 Å². The maximum absolute atomic E-state index is 12.0. The van der Waals surface area contributed by atoms with Crippen LogP contribution in [0.15, 0.2) is 60.8 Å². The minimum Gasteiger partial charge on any atom is -0.362 e. The first-order valence-corrected chi connectivity index (χ1v) is 7.17. The van der Waals surface area contributed by atoms with E-state index in [0.717, 1.165) is 5.69 Å². The highest BCUT2D eigenvalue weighted by atomic mass is 16.1. The molecule has 0 aliphatic carbocycles. The number of nitriles is 1. The molecule has 0 aromatic heterocycles. The molecule has 0 bridgehead atoms. The number of hydrogen-bond donors (Lipinski definition) is 1. The molecule has 2 aromatic carbocycles. The number of nitrogens with zero attached hydrogens (tertiary/aromatic N) is 1. The summed E-state index contributed by atoms with van der Waals surface area (Å²) in [7, 11) is 0. The minimum atomic E-state index is -0.0450. The van der Waals surface area contributed by atoms with Crippen LogP contribution in [0.4, 0.5) is 5.69 Å². The Balaban J connectivity index is 1.97. The Morgan fingerprint density at radius 1 is 1.09 bits per heavy atom. The van der Waals surface area contributed by atoms with E-state index in [2.05, 4.69) is 25.2 Å². The van der Waals surface area contributed by atoms with Gasteiger partial charge in [0.2, 0.25) is 0 Å². The number of rotatable bonds is 5. The molecule has 0 heterocycles. The lowest BCUT2D eigenvalue weighted by Gasteiger charge is -2.05. The highest BCUT2D eigenvalue weighted by Crippen LogP contribution is 2.15. The Bertz CT molecular complexity index is 705. The van der Waals surface area contributed by atoms with Crippen LogP contribution in [-0.4, -0.2) is 5.78 Å². The third-order valence-corrected chi connectivity index (χ3v) is 3.36. The van der Waals surface area contributed by atoms with Gasteiger partial charge in [-0.25, -0.2) is 0 Å². The number of nitrogens with one attached hydrogen (secondary N) is 1. The van der Waals surface area contributed by atoms with E-state index < -0.39 is 0 Å². The molecule has 2 rings (SSSR count). The number of carbonyl (C=O) groups is 1. The van der Waals surface area contributed by atoms with Crippen molar-refractivity contribution in [1.29, 1.82) is 5.26 Å². The molecule has 0 amide bonds. The average Bonchev–Trinajstić information content (AvgIpc) is 2.55. The third-order valence-electron chi connectivity index (χ3n) is 3.36. The van der Waals surface area contributed by atoms with Gasteiger partial charge in [-0.3, -0.25) is 4.79 Å². The normalized spacial score (nSPS) is 10.6. The molecule has 110 valence electrons. The highest BCUT2D eigenvalue weighted by Gasteiger charge is 2.03. The Hall–Kier alpha value is -2.86. The molecule has 0 spiro atoms. The van der Waals surface area contributed by atoms with E-state index in [1.807, 2.05) is 24.3 Å². The van der Waals surface area contributed by atoms with E-state index in [1.165, 1.54) is 11.6 Å². The summed E-state index contributed by atoms with van der Waals surface area (Å²) in [5, 5.41) is 11.7. The van der Waals surface area contributed by atoms with Crippen LogP contribution in [-0.2, 0) is 0 Å². The lowest BCUT2D eigenvalue weighted by Crippen LogP contribution is -1.97. The van der Waals surface area contributed by atoms with Crippen LogP contribution in [0.5, 0.6) is 0 Å². The number of hydrogen-bond acceptors (Lipinski definition) is 3. The summed E-state index contributed by atoms with van der Waals surface area (Å²) in [5.74, 6) is 0.411. The largest absolute Gasteiger partial charge is 0.362 e. The van der Waals surface area contributed by atoms with Gasteiger partial charge in [-0.2, -0.15) is 5.26 Å². The Morgan fingerprint density at radius 2 is 1.73 bits per heavy atom. The van der Waals surface area contributed by atoms with Crippen LogP contribution in [0.3, 0.4) is 0 Å². The summed E-state index contributed by atoms with van der Waals surface area (Å²) in [6.07, 6.45) is 3.11. The van der Waals surface area contributed by atoms with Crippen molar-refractivity contribution in [2.75, 3.05) is 5.32 Å². The number of ketones is 1. The van der Waals surface area contributed by atoms with Crippen LogP contribution in [0.1, 0.15) is 41.3 Å². The van der Waals surface area contributed by atoms with E-state index in [9.17, 15) is 4.79 Å². The first-order valence-electron chi connectivity index (χ1n) is 7.17. The first kappa shape index (κ1) is 15.5. The zero-order chi connectivity index (χ0) is 15.9. The fourth-order valence-electron chi connectivity index (χ4n) is 1.98. The molecule has 0 saturated heterocycles. The van der Waals surface area contributed by atoms with Crippen LogP contribution >= 0.6 is 0 Å². The smallest absolute Gasteiger partial charge is 0.187 e. The Kier molecular flexibility index (Phi) is 5.11. The number of anilines is 1. The monoisotopic (exact) mass is 290 g/mol. The van der Waals surface area contributed by atoms with Crippen molar-refractivity contribution < 1.29 is 4.79 Å². The summed E-state index contributed by atoms with van der Waals surface area (Å²) in [6, 6.07) is 16.8. The van der Waals surface area contributed by atoms with Gasteiger partial charge >= 0.3 is 0 Å². The fourth-order valence-corrected chi connectivity index (χ4v) is 1.98. The molecule has 3 nitrogen and oxygen atoms in total. The van der Waals surface area contributed by atoms with Gasteiger partial charge in [-0.15, -0.1) is 0 Å². The lowest BCUT2D eigenvalue weighted by molar-refractivity contribution is 0.104. The third kappa shape index (κ3) is 4.07. The van der Waals surface area contributed by atoms with Gasteiger partial charge < -0.3 is 5.32 Å². The molecule has 1 N–H and O–H groups in total. The van der Waals surface area contributed by atoms with E-state index in [4.69, 9.17) is 5.26 Å². The molecular weight excluding hydrogens is 272 g/mol. The van der Waals surface area contributed by atoms with Gasteiger partial charge in [0, 0.05) is 23.5 Å². The summed E-state index contributed by atoms with van der Waals surface area (Å²) in [4.78, 5) is 12.0.